The lowest BCUT2D eigenvalue weighted by Gasteiger charge is -2.25. The lowest BCUT2D eigenvalue weighted by atomic mass is 10.0. The molecule has 1 amide bonds. The second-order valence-corrected chi connectivity index (χ2v) is 5.61. The topological polar surface area (TPSA) is 64.4 Å². The fourth-order valence-electron chi connectivity index (χ4n) is 2.97. The van der Waals surface area contributed by atoms with E-state index in [9.17, 15) is 9.59 Å². The highest BCUT2D eigenvalue weighted by atomic mass is 16.5. The van der Waals surface area contributed by atoms with Gasteiger partial charge in [-0.2, -0.15) is 5.10 Å². The van der Waals surface area contributed by atoms with Crippen molar-refractivity contribution >= 4 is 5.91 Å². The van der Waals surface area contributed by atoms with Crippen LogP contribution in [0.25, 0.3) is 0 Å². The standard InChI is InChI=1S/C17H19N3O3/c1-19-16(21)9-8-14(18-19)17(22)20-10-4-7-15(20)12-5-3-6-13(11-12)23-2/h3,5-6,8-9,11,15H,4,7,10H2,1-2H3. The summed E-state index contributed by atoms with van der Waals surface area (Å²) in [5.74, 6) is 0.632. The molecule has 6 nitrogen and oxygen atoms in total. The third-order valence-electron chi connectivity index (χ3n) is 4.17. The fourth-order valence-corrected chi connectivity index (χ4v) is 2.97. The summed E-state index contributed by atoms with van der Waals surface area (Å²) in [6.07, 6.45) is 1.85. The number of aryl methyl sites for hydroxylation is 1. The maximum absolute atomic E-state index is 12.8. The highest BCUT2D eigenvalue weighted by molar-refractivity contribution is 5.92. The number of methoxy groups -OCH3 is 1. The molecule has 0 aliphatic carbocycles. The Kier molecular flexibility index (Phi) is 4.14. The van der Waals surface area contributed by atoms with Gasteiger partial charge >= 0.3 is 0 Å². The van der Waals surface area contributed by atoms with Gasteiger partial charge in [0.1, 0.15) is 11.4 Å². The second kappa shape index (κ2) is 6.24. The molecule has 2 aromatic rings. The first-order valence-corrected chi connectivity index (χ1v) is 7.59. The van der Waals surface area contributed by atoms with Crippen LogP contribution in [0.4, 0.5) is 0 Å². The average Bonchev–Trinajstić information content (AvgIpc) is 3.06. The van der Waals surface area contributed by atoms with Crippen molar-refractivity contribution in [3.8, 4) is 5.75 Å². The molecule has 6 heteroatoms. The molecule has 1 fully saturated rings. The number of hydrogen-bond donors (Lipinski definition) is 0. The molecule has 0 N–H and O–H groups in total. The number of carbonyl (C=O) groups excluding carboxylic acids is 1. The molecule has 1 aliphatic rings. The Bertz CT molecular complexity index is 785. The molecule has 1 aromatic heterocycles. The van der Waals surface area contributed by atoms with Gasteiger partial charge in [-0.05, 0) is 36.6 Å². The largest absolute Gasteiger partial charge is 0.497 e. The Morgan fingerprint density at radius 1 is 1.30 bits per heavy atom. The average molecular weight is 313 g/mol. The number of aromatic nitrogens is 2. The zero-order valence-corrected chi connectivity index (χ0v) is 13.2. The number of benzene rings is 1. The van der Waals surface area contributed by atoms with Gasteiger partial charge in [0.25, 0.3) is 11.5 Å². The van der Waals surface area contributed by atoms with Crippen LogP contribution in [0.1, 0.15) is 34.9 Å². The Morgan fingerprint density at radius 3 is 2.87 bits per heavy atom. The molecule has 1 aliphatic heterocycles. The number of hydrogen-bond acceptors (Lipinski definition) is 4. The van der Waals surface area contributed by atoms with Crippen LogP contribution >= 0.6 is 0 Å². The number of carbonyl (C=O) groups is 1. The van der Waals surface area contributed by atoms with Crippen LogP contribution in [0.3, 0.4) is 0 Å². The molecular weight excluding hydrogens is 294 g/mol. The van der Waals surface area contributed by atoms with Gasteiger partial charge in [-0.15, -0.1) is 0 Å². The lowest BCUT2D eigenvalue weighted by molar-refractivity contribution is 0.0727. The number of ether oxygens (including phenoxy) is 1. The highest BCUT2D eigenvalue weighted by Crippen LogP contribution is 2.34. The van der Waals surface area contributed by atoms with Gasteiger partial charge in [-0.1, -0.05) is 12.1 Å². The Hall–Kier alpha value is -2.63. The van der Waals surface area contributed by atoms with Crippen LogP contribution in [0.15, 0.2) is 41.2 Å². The zero-order valence-electron chi connectivity index (χ0n) is 13.2. The van der Waals surface area contributed by atoms with Crippen molar-refractivity contribution in [3.05, 3.63) is 58.0 Å². The summed E-state index contributed by atoms with van der Waals surface area (Å²) in [4.78, 5) is 26.0. The van der Waals surface area contributed by atoms with E-state index in [0.29, 0.717) is 12.2 Å². The predicted molar refractivity (Wildman–Crippen MR) is 85.5 cm³/mol. The fraction of sp³-hybridized carbons (Fsp3) is 0.353. The highest BCUT2D eigenvalue weighted by Gasteiger charge is 2.31. The van der Waals surface area contributed by atoms with Crippen molar-refractivity contribution in [3.63, 3.8) is 0 Å². The molecule has 1 aromatic carbocycles. The van der Waals surface area contributed by atoms with Crippen LogP contribution in [0.5, 0.6) is 5.75 Å². The van der Waals surface area contributed by atoms with Gasteiger partial charge in [0, 0.05) is 19.7 Å². The molecule has 120 valence electrons. The van der Waals surface area contributed by atoms with E-state index >= 15 is 0 Å². The van der Waals surface area contributed by atoms with E-state index < -0.39 is 0 Å². The predicted octanol–water partition coefficient (Wildman–Crippen LogP) is 1.77. The van der Waals surface area contributed by atoms with Gasteiger partial charge in [0.2, 0.25) is 0 Å². The van der Waals surface area contributed by atoms with Crippen LogP contribution in [0, 0.1) is 0 Å². The SMILES string of the molecule is COc1cccc(C2CCCN2C(=O)c2ccc(=O)n(C)n2)c1. The number of amides is 1. The Balaban J connectivity index is 1.89. The summed E-state index contributed by atoms with van der Waals surface area (Å²) < 4.78 is 6.45. The van der Waals surface area contributed by atoms with Crippen LogP contribution in [-0.2, 0) is 7.05 Å². The molecule has 3 rings (SSSR count). The van der Waals surface area contributed by atoms with Gasteiger partial charge in [-0.3, -0.25) is 9.59 Å². The van der Waals surface area contributed by atoms with E-state index in [1.165, 1.54) is 16.8 Å². The third-order valence-corrected chi connectivity index (χ3v) is 4.17. The summed E-state index contributed by atoms with van der Waals surface area (Å²) in [7, 11) is 3.17. The number of likely N-dealkylation sites (tertiary alicyclic amines) is 1. The minimum absolute atomic E-state index is 0.0108. The van der Waals surface area contributed by atoms with Crippen LogP contribution < -0.4 is 10.3 Å². The lowest BCUT2D eigenvalue weighted by Crippen LogP contribution is -2.33. The molecule has 0 spiro atoms. The second-order valence-electron chi connectivity index (χ2n) is 5.61. The number of rotatable bonds is 3. The van der Waals surface area contributed by atoms with Gasteiger partial charge in [0.05, 0.1) is 13.2 Å². The monoisotopic (exact) mass is 313 g/mol. The first-order chi connectivity index (χ1) is 11.1. The van der Waals surface area contributed by atoms with E-state index in [1.54, 1.807) is 14.2 Å². The normalized spacial score (nSPS) is 17.3. The van der Waals surface area contributed by atoms with Crippen LogP contribution in [-0.4, -0.2) is 34.2 Å². The summed E-state index contributed by atoms with van der Waals surface area (Å²) in [5.41, 5.74) is 1.12. The summed E-state index contributed by atoms with van der Waals surface area (Å²) in [6, 6.07) is 10.7. The maximum Gasteiger partial charge on any atom is 0.274 e. The summed E-state index contributed by atoms with van der Waals surface area (Å²) in [5, 5.41) is 4.07. The minimum atomic E-state index is -0.229. The molecule has 23 heavy (non-hydrogen) atoms. The van der Waals surface area contributed by atoms with Crippen molar-refractivity contribution in [2.45, 2.75) is 18.9 Å². The molecule has 0 radical (unpaired) electrons. The first kappa shape index (κ1) is 15.3. The quantitative estimate of drug-likeness (QED) is 0.866. The van der Waals surface area contributed by atoms with E-state index in [0.717, 1.165) is 24.2 Å². The van der Waals surface area contributed by atoms with Crippen LogP contribution in [0.2, 0.25) is 0 Å². The van der Waals surface area contributed by atoms with Crippen molar-refractivity contribution in [1.29, 1.82) is 0 Å². The molecular formula is C17H19N3O3. The zero-order chi connectivity index (χ0) is 16.4. The van der Waals surface area contributed by atoms with E-state index in [1.807, 2.05) is 29.2 Å². The third kappa shape index (κ3) is 2.97. The molecule has 1 unspecified atom stereocenters. The van der Waals surface area contributed by atoms with Crippen molar-refractivity contribution in [1.82, 2.24) is 14.7 Å². The minimum Gasteiger partial charge on any atom is -0.497 e. The molecule has 2 heterocycles. The Labute approximate surface area is 134 Å². The molecule has 0 saturated carbocycles. The summed E-state index contributed by atoms with van der Waals surface area (Å²) in [6.45, 7) is 0.686. The first-order valence-electron chi connectivity index (χ1n) is 7.59. The van der Waals surface area contributed by atoms with E-state index in [4.69, 9.17) is 4.74 Å². The number of nitrogens with zero attached hydrogens (tertiary/aromatic N) is 3. The van der Waals surface area contributed by atoms with E-state index in [-0.39, 0.29) is 17.5 Å². The summed E-state index contributed by atoms with van der Waals surface area (Å²) >= 11 is 0. The molecule has 0 bridgehead atoms. The van der Waals surface area contributed by atoms with Crippen molar-refractivity contribution < 1.29 is 9.53 Å². The molecule has 1 atom stereocenters. The van der Waals surface area contributed by atoms with E-state index in [2.05, 4.69) is 5.10 Å². The van der Waals surface area contributed by atoms with Crippen molar-refractivity contribution in [2.24, 2.45) is 7.05 Å². The van der Waals surface area contributed by atoms with Crippen molar-refractivity contribution in [2.75, 3.05) is 13.7 Å². The van der Waals surface area contributed by atoms with Gasteiger partial charge < -0.3 is 9.64 Å². The Morgan fingerprint density at radius 2 is 2.13 bits per heavy atom. The smallest absolute Gasteiger partial charge is 0.274 e. The maximum atomic E-state index is 12.8. The van der Waals surface area contributed by atoms with Gasteiger partial charge in [0.15, 0.2) is 0 Å². The molecule has 1 saturated heterocycles. The van der Waals surface area contributed by atoms with Gasteiger partial charge in [-0.25, -0.2) is 4.68 Å².